The predicted molar refractivity (Wildman–Crippen MR) is 107 cm³/mol. The normalized spacial score (nSPS) is 17.2. The molecule has 0 aliphatic carbocycles. The molecule has 1 aromatic rings. The van der Waals surface area contributed by atoms with E-state index in [4.69, 9.17) is 18.9 Å². The van der Waals surface area contributed by atoms with Crippen molar-refractivity contribution in [3.63, 3.8) is 0 Å². The molecule has 1 N–H and O–H groups in total. The third kappa shape index (κ3) is 5.20. The number of nitrogens with one attached hydrogen (secondary N) is 1. The number of nitrogens with zero attached hydrogens (tertiary/aromatic N) is 1. The molecule has 2 rings (SSSR count). The van der Waals surface area contributed by atoms with Gasteiger partial charge in [0.05, 0.1) is 33.9 Å². The Balaban J connectivity index is 0.00000392. The second-order valence-corrected chi connectivity index (χ2v) is 6.27. The van der Waals surface area contributed by atoms with E-state index in [0.29, 0.717) is 49.1 Å². The minimum Gasteiger partial charge on any atom is -0.493 e. The fraction of sp³-hybridized carbons (Fsp3) is 0.579. The summed E-state index contributed by atoms with van der Waals surface area (Å²) < 4.78 is 21.0. The third-order valence-electron chi connectivity index (χ3n) is 4.67. The van der Waals surface area contributed by atoms with Crippen molar-refractivity contribution in [2.75, 3.05) is 47.6 Å². The van der Waals surface area contributed by atoms with E-state index in [0.717, 1.165) is 0 Å². The van der Waals surface area contributed by atoms with Crippen molar-refractivity contribution < 1.29 is 28.5 Å². The SMILES string of the molecule is CCOC(=O)C(C)C1CN(C(=O)c2cc(OC)c(OC)c(OC)c2)CCN1.Cl. The summed E-state index contributed by atoms with van der Waals surface area (Å²) in [6.45, 7) is 5.48. The smallest absolute Gasteiger partial charge is 0.310 e. The van der Waals surface area contributed by atoms with Gasteiger partial charge in [0.2, 0.25) is 5.75 Å². The molecule has 1 heterocycles. The van der Waals surface area contributed by atoms with Crippen LogP contribution in [-0.4, -0.2) is 70.4 Å². The number of piperazine rings is 1. The van der Waals surface area contributed by atoms with Crippen LogP contribution in [0.4, 0.5) is 0 Å². The lowest BCUT2D eigenvalue weighted by Crippen LogP contribution is -2.56. The molecule has 1 aromatic carbocycles. The molecule has 1 amide bonds. The number of methoxy groups -OCH3 is 3. The van der Waals surface area contributed by atoms with Crippen molar-refractivity contribution >= 4 is 24.3 Å². The molecule has 28 heavy (non-hydrogen) atoms. The zero-order valence-electron chi connectivity index (χ0n) is 16.9. The Kier molecular flexibility index (Phi) is 9.34. The molecule has 9 heteroatoms. The third-order valence-corrected chi connectivity index (χ3v) is 4.67. The Hall–Kier alpha value is -2.19. The first-order chi connectivity index (χ1) is 13.0. The summed E-state index contributed by atoms with van der Waals surface area (Å²) in [7, 11) is 4.53. The Bertz CT molecular complexity index is 659. The van der Waals surface area contributed by atoms with Gasteiger partial charge in [0.15, 0.2) is 11.5 Å². The van der Waals surface area contributed by atoms with Crippen molar-refractivity contribution in [3.05, 3.63) is 17.7 Å². The van der Waals surface area contributed by atoms with E-state index in [1.165, 1.54) is 21.3 Å². The minimum atomic E-state index is -0.347. The summed E-state index contributed by atoms with van der Waals surface area (Å²) in [5.41, 5.74) is 0.439. The van der Waals surface area contributed by atoms with Gasteiger partial charge in [-0.25, -0.2) is 0 Å². The molecule has 1 aliphatic heterocycles. The molecule has 8 nitrogen and oxygen atoms in total. The highest BCUT2D eigenvalue weighted by atomic mass is 35.5. The van der Waals surface area contributed by atoms with E-state index in [1.54, 1.807) is 24.0 Å². The number of rotatable bonds is 7. The maximum Gasteiger partial charge on any atom is 0.310 e. The number of esters is 1. The standard InChI is InChI=1S/C19H28N2O6.ClH/c1-6-27-19(23)12(2)14-11-21(8-7-20-14)18(22)13-9-15(24-3)17(26-5)16(10-13)25-4;/h9-10,12,14,20H,6-8,11H2,1-5H3;1H. The van der Waals surface area contributed by atoms with Crippen LogP contribution in [-0.2, 0) is 9.53 Å². The van der Waals surface area contributed by atoms with Gasteiger partial charge in [0.1, 0.15) is 0 Å². The van der Waals surface area contributed by atoms with Crippen molar-refractivity contribution in [2.24, 2.45) is 5.92 Å². The van der Waals surface area contributed by atoms with Gasteiger partial charge >= 0.3 is 5.97 Å². The van der Waals surface area contributed by atoms with Crippen LogP contribution in [0.3, 0.4) is 0 Å². The first-order valence-corrected chi connectivity index (χ1v) is 8.96. The van der Waals surface area contributed by atoms with Crippen molar-refractivity contribution in [2.45, 2.75) is 19.9 Å². The number of halogens is 1. The highest BCUT2D eigenvalue weighted by molar-refractivity contribution is 5.96. The molecule has 0 aromatic heterocycles. The fourth-order valence-electron chi connectivity index (χ4n) is 3.12. The predicted octanol–water partition coefficient (Wildman–Crippen LogP) is 1.75. The largest absolute Gasteiger partial charge is 0.493 e. The monoisotopic (exact) mass is 416 g/mol. The van der Waals surface area contributed by atoms with Gasteiger partial charge in [-0.05, 0) is 19.1 Å². The van der Waals surface area contributed by atoms with Crippen LogP contribution in [0.2, 0.25) is 0 Å². The van der Waals surface area contributed by atoms with Crippen LogP contribution in [0, 0.1) is 5.92 Å². The van der Waals surface area contributed by atoms with Gasteiger partial charge in [-0.3, -0.25) is 9.59 Å². The average Bonchev–Trinajstić information content (AvgIpc) is 2.71. The van der Waals surface area contributed by atoms with Gasteiger partial charge < -0.3 is 29.2 Å². The van der Waals surface area contributed by atoms with Crippen LogP contribution in [0.15, 0.2) is 12.1 Å². The van der Waals surface area contributed by atoms with Crippen molar-refractivity contribution in [3.8, 4) is 17.2 Å². The minimum absolute atomic E-state index is 0. The van der Waals surface area contributed by atoms with Gasteiger partial charge in [0.25, 0.3) is 5.91 Å². The molecule has 1 saturated heterocycles. The van der Waals surface area contributed by atoms with E-state index < -0.39 is 0 Å². The Morgan fingerprint density at radius 1 is 1.18 bits per heavy atom. The first kappa shape index (κ1) is 23.8. The van der Waals surface area contributed by atoms with Crippen molar-refractivity contribution in [1.82, 2.24) is 10.2 Å². The second-order valence-electron chi connectivity index (χ2n) is 6.27. The molecule has 0 saturated carbocycles. The van der Waals surface area contributed by atoms with Gasteiger partial charge in [-0.2, -0.15) is 0 Å². The summed E-state index contributed by atoms with van der Waals surface area (Å²) in [6, 6.07) is 3.11. The molecule has 0 radical (unpaired) electrons. The summed E-state index contributed by atoms with van der Waals surface area (Å²) in [5, 5.41) is 3.29. The number of amides is 1. The number of carbonyl (C=O) groups excluding carboxylic acids is 2. The topological polar surface area (TPSA) is 86.3 Å². The lowest BCUT2D eigenvalue weighted by atomic mass is 9.99. The maximum atomic E-state index is 13.0. The van der Waals surface area contributed by atoms with Crippen LogP contribution in [0.25, 0.3) is 0 Å². The van der Waals surface area contributed by atoms with Crippen LogP contribution in [0.5, 0.6) is 17.2 Å². The van der Waals surface area contributed by atoms with Crippen LogP contribution in [0.1, 0.15) is 24.2 Å². The molecule has 0 spiro atoms. The quantitative estimate of drug-likeness (QED) is 0.677. The Morgan fingerprint density at radius 3 is 2.29 bits per heavy atom. The maximum absolute atomic E-state index is 13.0. The van der Waals surface area contributed by atoms with Crippen LogP contribution >= 0.6 is 12.4 Å². The highest BCUT2D eigenvalue weighted by Crippen LogP contribution is 2.38. The average molecular weight is 417 g/mol. The molecule has 1 fully saturated rings. The molecule has 0 bridgehead atoms. The molecular formula is C19H29ClN2O6. The molecule has 2 atom stereocenters. The first-order valence-electron chi connectivity index (χ1n) is 8.96. The molecule has 1 aliphatic rings. The van der Waals surface area contributed by atoms with Crippen molar-refractivity contribution in [1.29, 1.82) is 0 Å². The van der Waals surface area contributed by atoms with E-state index in [9.17, 15) is 9.59 Å². The lowest BCUT2D eigenvalue weighted by molar-refractivity contribution is -0.148. The van der Waals surface area contributed by atoms with E-state index in [-0.39, 0.29) is 36.2 Å². The van der Waals surface area contributed by atoms with E-state index in [2.05, 4.69) is 5.32 Å². The number of carbonyl (C=O) groups is 2. The number of hydrogen-bond donors (Lipinski definition) is 1. The zero-order valence-corrected chi connectivity index (χ0v) is 17.8. The van der Waals surface area contributed by atoms with Gasteiger partial charge in [0, 0.05) is 31.2 Å². The van der Waals surface area contributed by atoms with Gasteiger partial charge in [-0.15, -0.1) is 12.4 Å². The number of ether oxygens (including phenoxy) is 4. The lowest BCUT2D eigenvalue weighted by Gasteiger charge is -2.36. The van der Waals surface area contributed by atoms with Crippen LogP contribution < -0.4 is 19.5 Å². The molecule has 2 unspecified atom stereocenters. The summed E-state index contributed by atoms with van der Waals surface area (Å²) in [5.74, 6) is 0.513. The van der Waals surface area contributed by atoms with Gasteiger partial charge in [-0.1, -0.05) is 6.92 Å². The molecule has 158 valence electrons. The summed E-state index contributed by atoms with van der Waals surface area (Å²) >= 11 is 0. The zero-order chi connectivity index (χ0) is 20.0. The summed E-state index contributed by atoms with van der Waals surface area (Å²) in [6.07, 6.45) is 0. The Morgan fingerprint density at radius 2 is 1.79 bits per heavy atom. The molecular weight excluding hydrogens is 388 g/mol. The fourth-order valence-corrected chi connectivity index (χ4v) is 3.12. The number of benzene rings is 1. The second kappa shape index (κ2) is 11.0. The number of hydrogen-bond acceptors (Lipinski definition) is 7. The van der Waals surface area contributed by atoms with E-state index >= 15 is 0 Å². The summed E-state index contributed by atoms with van der Waals surface area (Å²) in [4.78, 5) is 26.8. The Labute approximate surface area is 171 Å². The highest BCUT2D eigenvalue weighted by Gasteiger charge is 2.32. The van der Waals surface area contributed by atoms with E-state index in [1.807, 2.05) is 6.92 Å².